The molecular formula is C19H30N9+. The molecule has 4 rings (SSSR count). The van der Waals surface area contributed by atoms with Gasteiger partial charge in [0.2, 0.25) is 11.6 Å². The second kappa shape index (κ2) is 7.37. The molecule has 1 aliphatic rings. The Kier molecular flexibility index (Phi) is 4.91. The van der Waals surface area contributed by atoms with Crippen LogP contribution in [-0.2, 0) is 19.9 Å². The second-order valence-electron chi connectivity index (χ2n) is 7.91. The number of fused-ring (bicyclic) bond motifs is 1. The molecule has 1 fully saturated rings. The van der Waals surface area contributed by atoms with Gasteiger partial charge in [-0.15, -0.1) is 9.61 Å². The van der Waals surface area contributed by atoms with Crippen molar-refractivity contribution in [3.05, 3.63) is 23.0 Å². The molecule has 0 spiro atoms. The Morgan fingerprint density at radius 3 is 2.54 bits per heavy atom. The number of aryl methyl sites for hydroxylation is 5. The number of H-pyrrole nitrogens is 1. The van der Waals surface area contributed by atoms with E-state index in [0.29, 0.717) is 6.04 Å². The third-order valence-corrected chi connectivity index (χ3v) is 5.28. The molecule has 0 aliphatic carbocycles. The first-order valence-corrected chi connectivity index (χ1v) is 10.1. The second-order valence-corrected chi connectivity index (χ2v) is 7.91. The number of imidazole rings is 1. The Labute approximate surface area is 165 Å². The molecule has 1 aliphatic heterocycles. The highest BCUT2D eigenvalue weighted by Crippen LogP contribution is 2.18. The molecule has 4 heterocycles. The fourth-order valence-corrected chi connectivity index (χ4v) is 3.63. The van der Waals surface area contributed by atoms with Crippen LogP contribution < -0.4 is 15.2 Å². The van der Waals surface area contributed by atoms with Crippen LogP contribution in [0.1, 0.15) is 49.7 Å². The summed E-state index contributed by atoms with van der Waals surface area (Å²) in [6.07, 6.45) is 3.98. The van der Waals surface area contributed by atoms with Crippen LogP contribution >= 0.6 is 0 Å². The Morgan fingerprint density at radius 2 is 1.82 bits per heavy atom. The lowest BCUT2D eigenvalue weighted by Gasteiger charge is -2.10. The molecule has 9 nitrogen and oxygen atoms in total. The van der Waals surface area contributed by atoms with Gasteiger partial charge in [0.15, 0.2) is 0 Å². The topological polar surface area (TPSA) is 90.3 Å². The average molecular weight is 385 g/mol. The van der Waals surface area contributed by atoms with Crippen molar-refractivity contribution < 1.29 is 4.98 Å². The van der Waals surface area contributed by atoms with Crippen molar-refractivity contribution in [2.45, 2.75) is 59.4 Å². The Hall–Kier alpha value is -2.71. The van der Waals surface area contributed by atoms with Gasteiger partial charge in [0.05, 0.1) is 17.4 Å². The highest BCUT2D eigenvalue weighted by Gasteiger charge is 2.21. The fourth-order valence-electron chi connectivity index (χ4n) is 3.63. The Morgan fingerprint density at radius 1 is 1.07 bits per heavy atom. The van der Waals surface area contributed by atoms with Crippen LogP contribution in [0.15, 0.2) is 0 Å². The predicted molar refractivity (Wildman–Crippen MR) is 108 cm³/mol. The molecule has 3 aromatic heterocycles. The summed E-state index contributed by atoms with van der Waals surface area (Å²) >= 11 is 0. The number of hydrogen-bond acceptors (Lipinski definition) is 6. The highest BCUT2D eigenvalue weighted by molar-refractivity contribution is 5.60. The zero-order chi connectivity index (χ0) is 19.8. The summed E-state index contributed by atoms with van der Waals surface area (Å²) in [4.78, 5) is 15.1. The first-order chi connectivity index (χ1) is 13.4. The lowest BCUT2D eigenvalue weighted by atomic mass is 10.3. The minimum Gasteiger partial charge on any atom is -0.340 e. The molecule has 1 saturated heterocycles. The number of rotatable bonds is 6. The molecule has 0 saturated carbocycles. The van der Waals surface area contributed by atoms with Crippen molar-refractivity contribution in [3.63, 3.8) is 0 Å². The third-order valence-electron chi connectivity index (χ3n) is 5.28. The zero-order valence-corrected chi connectivity index (χ0v) is 17.5. The molecule has 9 heteroatoms. The van der Waals surface area contributed by atoms with Gasteiger partial charge < -0.3 is 10.2 Å². The van der Waals surface area contributed by atoms with Gasteiger partial charge in [-0.2, -0.15) is 4.98 Å². The molecule has 3 aromatic rings. The standard InChI is InChI=1S/C19H29N9/c1-12(2)20-17-18-21-13(3)14(4)28(18)24-15(22-17)8-9-16-23-19(25-26(16)5)27-10-6-7-11-27/h12H,6-11H2,1-5H3,(H,20,22,24)/p+1. The number of anilines is 2. The van der Waals surface area contributed by atoms with E-state index in [9.17, 15) is 0 Å². The molecule has 0 bridgehead atoms. The van der Waals surface area contributed by atoms with Gasteiger partial charge in [0.25, 0.3) is 11.6 Å². The summed E-state index contributed by atoms with van der Waals surface area (Å²) in [5.74, 6) is 3.65. The number of nitrogens with one attached hydrogen (secondary N) is 2. The molecule has 0 radical (unpaired) electrons. The summed E-state index contributed by atoms with van der Waals surface area (Å²) in [6, 6.07) is 0.300. The predicted octanol–water partition coefficient (Wildman–Crippen LogP) is 1.49. The smallest absolute Gasteiger partial charge is 0.266 e. The fraction of sp³-hybridized carbons (Fsp3) is 0.632. The van der Waals surface area contributed by atoms with Crippen LogP contribution in [0.25, 0.3) is 5.65 Å². The quantitative estimate of drug-likeness (QED) is 0.693. The minimum absolute atomic E-state index is 0.300. The maximum Gasteiger partial charge on any atom is 0.266 e. The van der Waals surface area contributed by atoms with Crippen LogP contribution in [0.3, 0.4) is 0 Å². The third kappa shape index (κ3) is 3.53. The van der Waals surface area contributed by atoms with E-state index in [-0.39, 0.29) is 0 Å². The van der Waals surface area contributed by atoms with E-state index in [1.54, 1.807) is 0 Å². The summed E-state index contributed by atoms with van der Waals surface area (Å²) in [5.41, 5.74) is 2.89. The van der Waals surface area contributed by atoms with E-state index >= 15 is 0 Å². The highest BCUT2D eigenvalue weighted by atomic mass is 15.4. The summed E-state index contributed by atoms with van der Waals surface area (Å²) in [6.45, 7) is 10.4. The van der Waals surface area contributed by atoms with Gasteiger partial charge in [0.1, 0.15) is 5.82 Å². The number of aromatic nitrogens is 7. The molecule has 0 unspecified atom stereocenters. The van der Waals surface area contributed by atoms with E-state index in [1.165, 1.54) is 12.8 Å². The molecule has 0 aromatic carbocycles. The van der Waals surface area contributed by atoms with Gasteiger partial charge >= 0.3 is 0 Å². The van der Waals surface area contributed by atoms with Gasteiger partial charge in [0, 0.05) is 33.0 Å². The minimum atomic E-state index is 0.300. The molecule has 150 valence electrons. The molecule has 2 N–H and O–H groups in total. The zero-order valence-electron chi connectivity index (χ0n) is 17.5. The SMILES string of the molecule is Cc1nc2c(NC(C)C)[nH+]c(CCc3nc(N4CCCC4)nn3C)nn2c1C. The maximum absolute atomic E-state index is 4.78. The molecule has 0 atom stereocenters. The molecule has 0 amide bonds. The Balaban J connectivity index is 1.58. The number of hydrogen-bond donors (Lipinski definition) is 1. The maximum atomic E-state index is 4.78. The van der Waals surface area contributed by atoms with Crippen molar-refractivity contribution in [1.82, 2.24) is 29.4 Å². The van der Waals surface area contributed by atoms with Gasteiger partial charge in [-0.1, -0.05) is 0 Å². The van der Waals surface area contributed by atoms with Crippen LogP contribution in [-0.4, -0.2) is 48.5 Å². The lowest BCUT2D eigenvalue weighted by Crippen LogP contribution is -2.26. The summed E-state index contributed by atoms with van der Waals surface area (Å²) < 4.78 is 3.82. The lowest BCUT2D eigenvalue weighted by molar-refractivity contribution is -0.379. The van der Waals surface area contributed by atoms with E-state index in [0.717, 1.165) is 66.4 Å². The van der Waals surface area contributed by atoms with Gasteiger partial charge in [-0.25, -0.2) is 9.97 Å². The van der Waals surface area contributed by atoms with Crippen LogP contribution in [0.2, 0.25) is 0 Å². The van der Waals surface area contributed by atoms with E-state index in [1.807, 2.05) is 23.2 Å². The van der Waals surface area contributed by atoms with E-state index < -0.39 is 0 Å². The van der Waals surface area contributed by atoms with Crippen molar-refractivity contribution in [1.29, 1.82) is 0 Å². The number of aromatic amines is 1. The largest absolute Gasteiger partial charge is 0.340 e. The first-order valence-electron chi connectivity index (χ1n) is 10.1. The Bertz CT molecular complexity index is 979. The molecule has 28 heavy (non-hydrogen) atoms. The average Bonchev–Trinajstić information content (AvgIpc) is 3.35. The molecular weight excluding hydrogens is 354 g/mol. The van der Waals surface area contributed by atoms with Gasteiger partial charge in [-0.05, 0) is 45.6 Å². The van der Waals surface area contributed by atoms with Crippen molar-refractivity contribution in [2.75, 3.05) is 23.3 Å². The summed E-state index contributed by atoms with van der Waals surface area (Å²) in [7, 11) is 1.97. The van der Waals surface area contributed by atoms with Crippen LogP contribution in [0.4, 0.5) is 11.8 Å². The van der Waals surface area contributed by atoms with E-state index in [4.69, 9.17) is 10.1 Å². The monoisotopic (exact) mass is 384 g/mol. The van der Waals surface area contributed by atoms with Crippen molar-refractivity contribution in [2.24, 2.45) is 7.05 Å². The van der Waals surface area contributed by atoms with Crippen LogP contribution in [0, 0.1) is 13.8 Å². The summed E-state index contributed by atoms with van der Waals surface area (Å²) in [5, 5.41) is 12.8. The van der Waals surface area contributed by atoms with Crippen molar-refractivity contribution in [3.8, 4) is 0 Å². The van der Waals surface area contributed by atoms with E-state index in [2.05, 4.69) is 46.1 Å². The van der Waals surface area contributed by atoms with Crippen LogP contribution in [0.5, 0.6) is 0 Å². The van der Waals surface area contributed by atoms with Crippen molar-refractivity contribution >= 4 is 17.4 Å². The number of nitrogens with zero attached hydrogens (tertiary/aromatic N) is 7. The van der Waals surface area contributed by atoms with Gasteiger partial charge in [-0.3, -0.25) is 4.68 Å². The normalized spacial score (nSPS) is 14.6. The first kappa shape index (κ1) is 18.6.